The normalized spacial score (nSPS) is 17.2. The molecular formula is C56H68BrN9O7S. The van der Waals surface area contributed by atoms with Crippen LogP contribution in [0.15, 0.2) is 93.9 Å². The van der Waals surface area contributed by atoms with Gasteiger partial charge >= 0.3 is 5.97 Å². The van der Waals surface area contributed by atoms with E-state index in [0.717, 1.165) is 104 Å². The minimum Gasteiger partial charge on any atom is -0.461 e. The molecule has 0 radical (unpaired) electrons. The van der Waals surface area contributed by atoms with Gasteiger partial charge in [-0.25, -0.2) is 9.97 Å². The van der Waals surface area contributed by atoms with Crippen LogP contribution in [0.1, 0.15) is 88.2 Å². The summed E-state index contributed by atoms with van der Waals surface area (Å²) in [5.41, 5.74) is 11.3. The Labute approximate surface area is 446 Å². The average Bonchev–Trinajstić information content (AvgIpc) is 4.20. The van der Waals surface area contributed by atoms with Crippen molar-refractivity contribution in [3.8, 4) is 27.3 Å². The Bertz CT molecular complexity index is 2900. The van der Waals surface area contributed by atoms with Gasteiger partial charge in [-0.2, -0.15) is 0 Å². The maximum Gasteiger partial charge on any atom is 0.302 e. The van der Waals surface area contributed by atoms with E-state index < -0.39 is 41.4 Å². The van der Waals surface area contributed by atoms with Crippen molar-refractivity contribution in [3.63, 3.8) is 0 Å². The second-order valence-electron chi connectivity index (χ2n) is 20.7. The maximum atomic E-state index is 14.5. The van der Waals surface area contributed by atoms with E-state index in [1.165, 1.54) is 11.8 Å². The van der Waals surface area contributed by atoms with E-state index in [1.54, 1.807) is 23.9 Å². The minimum absolute atomic E-state index is 0.0234. The molecule has 8 rings (SSSR count). The summed E-state index contributed by atoms with van der Waals surface area (Å²) in [6.07, 6.45) is 6.92. The summed E-state index contributed by atoms with van der Waals surface area (Å²) in [5, 5.41) is 10.2. The van der Waals surface area contributed by atoms with Gasteiger partial charge in [0.25, 0.3) is 0 Å². The van der Waals surface area contributed by atoms with Crippen LogP contribution < -0.4 is 15.5 Å². The molecular weight excluding hydrogens is 1020 g/mol. The molecule has 0 unspecified atom stereocenters. The van der Waals surface area contributed by atoms with Crippen molar-refractivity contribution in [1.82, 2.24) is 40.1 Å². The number of rotatable bonds is 18. The van der Waals surface area contributed by atoms with Crippen molar-refractivity contribution >= 4 is 62.3 Å². The van der Waals surface area contributed by atoms with E-state index in [1.807, 2.05) is 89.0 Å². The summed E-state index contributed by atoms with van der Waals surface area (Å²) in [4.78, 5) is 70.1. The number of carbonyl (C=O) groups is 4. The zero-order valence-electron chi connectivity index (χ0n) is 43.8. The highest BCUT2D eigenvalue weighted by molar-refractivity contribution is 9.10. The molecule has 2 N–H and O–H groups in total. The van der Waals surface area contributed by atoms with Crippen LogP contribution in [0.3, 0.4) is 0 Å². The number of hydrogen-bond donors (Lipinski definition) is 2. The topological polar surface area (TPSA) is 177 Å². The van der Waals surface area contributed by atoms with E-state index in [-0.39, 0.29) is 31.5 Å². The Hall–Kier alpha value is -6.21. The maximum absolute atomic E-state index is 14.5. The number of likely N-dealkylation sites (tertiary alicyclic amines) is 2. The molecule has 0 spiro atoms. The molecule has 16 nitrogen and oxygen atoms in total. The SMILES string of the molecule is CC(=O)O[C@@H]1C[C@@H](C(=O)N[C@@H](C)c2ccc(-c3scnc3C)cc2)N(C(=O)[C@@H](NC(=O)COCCN2CCC(CN(c3ccc(-n4ccnc4)c(Br)c3)c3cc(-c4c(C)noc4C)ccc3C)CC2)C(C)(C)C)C1. The summed E-state index contributed by atoms with van der Waals surface area (Å²) in [5.74, 6) is -0.535. The Morgan fingerprint density at radius 2 is 1.70 bits per heavy atom. The van der Waals surface area contributed by atoms with Gasteiger partial charge in [-0.05, 0) is 134 Å². The zero-order chi connectivity index (χ0) is 52.8. The zero-order valence-corrected chi connectivity index (χ0v) is 46.2. The van der Waals surface area contributed by atoms with Crippen molar-refractivity contribution in [2.45, 2.75) is 106 Å². The van der Waals surface area contributed by atoms with Gasteiger partial charge in [0.05, 0.1) is 53.0 Å². The van der Waals surface area contributed by atoms with Crippen LogP contribution in [-0.4, -0.2) is 117 Å². The second kappa shape index (κ2) is 23.6. The van der Waals surface area contributed by atoms with Crippen molar-refractivity contribution in [2.24, 2.45) is 11.3 Å². The van der Waals surface area contributed by atoms with Crippen molar-refractivity contribution in [1.29, 1.82) is 0 Å². The lowest BCUT2D eigenvalue weighted by atomic mass is 9.85. The first-order valence-electron chi connectivity index (χ1n) is 25.3. The number of thiazole rings is 1. The number of benzene rings is 3. The van der Waals surface area contributed by atoms with E-state index >= 15 is 0 Å². The smallest absolute Gasteiger partial charge is 0.302 e. The molecule has 0 bridgehead atoms. The Morgan fingerprint density at radius 1 is 0.959 bits per heavy atom. The number of halogens is 1. The van der Waals surface area contributed by atoms with Gasteiger partial charge < -0.3 is 43.9 Å². The first kappa shape index (κ1) is 54.1. The fourth-order valence-corrected chi connectivity index (χ4v) is 11.5. The number of imidazole rings is 1. The molecule has 392 valence electrons. The van der Waals surface area contributed by atoms with Gasteiger partial charge in [-0.15, -0.1) is 11.3 Å². The number of aromatic nitrogens is 4. The standard InChI is InChI=1S/C56H68BrN9O7S/c1-34-10-11-43(51-36(3)62-73-38(51)5)26-48(34)65(44-16-17-47(46(57)27-44)64-23-20-58-32-64)29-40-18-21-63(22-19-40)24-25-71-31-50(68)61-53(56(7,8)9)55(70)66-30-45(72-39(6)67)28-49(66)54(69)60-35(2)41-12-14-42(15-13-41)52-37(4)59-33-74-52/h10-17,20,23,26-27,32-33,35,40,45,49,53H,18-19,21-22,24-25,28-31H2,1-9H3,(H,60,69)(H,61,68)/t35-,45+,49-,53+/m0/s1. The van der Waals surface area contributed by atoms with Crippen molar-refractivity contribution in [2.75, 3.05) is 50.8 Å². The molecule has 6 aromatic rings. The summed E-state index contributed by atoms with van der Waals surface area (Å²) in [6.45, 7) is 20.2. The number of aryl methyl sites for hydroxylation is 4. The molecule has 3 amide bonds. The highest BCUT2D eigenvalue weighted by Gasteiger charge is 2.46. The Morgan fingerprint density at radius 3 is 2.34 bits per heavy atom. The van der Waals surface area contributed by atoms with Crippen molar-refractivity contribution in [3.05, 3.63) is 118 Å². The number of carbonyl (C=O) groups excluding carboxylic acids is 4. The highest BCUT2D eigenvalue weighted by atomic mass is 79.9. The lowest BCUT2D eigenvalue weighted by Gasteiger charge is -2.36. The number of piperidine rings is 1. The lowest BCUT2D eigenvalue weighted by Crippen LogP contribution is -2.58. The monoisotopic (exact) mass is 1090 g/mol. The van der Waals surface area contributed by atoms with Crippen LogP contribution in [0.2, 0.25) is 0 Å². The third-order valence-corrected chi connectivity index (χ3v) is 15.8. The van der Waals surface area contributed by atoms with Gasteiger partial charge in [0.1, 0.15) is 30.6 Å². The van der Waals surface area contributed by atoms with Gasteiger partial charge in [0.2, 0.25) is 17.7 Å². The fourth-order valence-electron chi connectivity index (χ4n) is 10.1. The first-order valence-corrected chi connectivity index (χ1v) is 27.0. The molecule has 4 atom stereocenters. The third kappa shape index (κ3) is 12.8. The number of nitrogens with one attached hydrogen (secondary N) is 2. The van der Waals surface area contributed by atoms with Gasteiger partial charge in [0, 0.05) is 60.2 Å². The first-order chi connectivity index (χ1) is 35.3. The predicted octanol–water partition coefficient (Wildman–Crippen LogP) is 9.45. The quantitative estimate of drug-likeness (QED) is 0.0617. The van der Waals surface area contributed by atoms with E-state index in [4.69, 9.17) is 14.0 Å². The average molecular weight is 1090 g/mol. The summed E-state index contributed by atoms with van der Waals surface area (Å²) >= 11 is 5.43. The highest BCUT2D eigenvalue weighted by Crippen LogP contribution is 2.39. The van der Waals surface area contributed by atoms with Gasteiger partial charge in [0.15, 0.2) is 0 Å². The number of anilines is 2. The number of nitrogens with zero attached hydrogens (tertiary/aromatic N) is 7. The molecule has 74 heavy (non-hydrogen) atoms. The van der Waals surface area contributed by atoms with Crippen LogP contribution in [0.5, 0.6) is 0 Å². The second-order valence-corrected chi connectivity index (χ2v) is 22.4. The molecule has 18 heteroatoms. The number of ether oxygens (including phenoxy) is 2. The largest absolute Gasteiger partial charge is 0.461 e. The minimum atomic E-state index is -0.985. The van der Waals surface area contributed by atoms with Crippen molar-refractivity contribution < 1.29 is 33.2 Å². The van der Waals surface area contributed by atoms with Crippen LogP contribution in [0.25, 0.3) is 27.3 Å². The molecule has 0 aliphatic carbocycles. The Balaban J connectivity index is 0.858. The van der Waals surface area contributed by atoms with E-state index in [2.05, 4.69) is 94.8 Å². The summed E-state index contributed by atoms with van der Waals surface area (Å²) < 4.78 is 20.0. The molecule has 2 saturated heterocycles. The summed E-state index contributed by atoms with van der Waals surface area (Å²) in [6, 6.07) is 18.7. The van der Waals surface area contributed by atoms with E-state index in [9.17, 15) is 19.2 Å². The van der Waals surface area contributed by atoms with Crippen LogP contribution in [-0.2, 0) is 28.7 Å². The Kier molecular flexibility index (Phi) is 17.2. The molecule has 3 aromatic carbocycles. The van der Waals surface area contributed by atoms with Crippen LogP contribution in [0.4, 0.5) is 11.4 Å². The molecule has 2 aliphatic rings. The fraction of sp³-hybridized carbons (Fsp3) is 0.446. The predicted molar refractivity (Wildman–Crippen MR) is 290 cm³/mol. The number of hydrogen-bond acceptors (Lipinski definition) is 13. The molecule has 3 aromatic heterocycles. The van der Waals surface area contributed by atoms with E-state index in [0.29, 0.717) is 19.1 Å². The van der Waals surface area contributed by atoms with Crippen LogP contribution >= 0.6 is 27.3 Å². The van der Waals surface area contributed by atoms with Gasteiger partial charge in [-0.1, -0.05) is 62.3 Å². The molecule has 0 saturated carbocycles. The number of amides is 3. The number of esters is 1. The van der Waals surface area contributed by atoms with Gasteiger partial charge in [-0.3, -0.25) is 19.2 Å². The third-order valence-electron chi connectivity index (χ3n) is 14.2. The molecule has 2 aliphatic heterocycles. The molecule has 5 heterocycles. The molecule has 2 fully saturated rings. The van der Waals surface area contributed by atoms with Crippen LogP contribution in [0, 0.1) is 39.0 Å². The lowest BCUT2D eigenvalue weighted by molar-refractivity contribution is -0.147. The summed E-state index contributed by atoms with van der Waals surface area (Å²) in [7, 11) is 0.